The van der Waals surface area contributed by atoms with E-state index in [4.69, 9.17) is 4.74 Å². The minimum Gasteiger partial charge on any atom is -0.378 e. The van der Waals surface area contributed by atoms with Crippen LogP contribution in [0.4, 0.5) is 5.69 Å². The smallest absolute Gasteiger partial charge is 0.329 e. The van der Waals surface area contributed by atoms with E-state index in [0.717, 1.165) is 42.9 Å². The predicted octanol–water partition coefficient (Wildman–Crippen LogP) is 1.98. The van der Waals surface area contributed by atoms with E-state index in [1.807, 2.05) is 43.3 Å². The van der Waals surface area contributed by atoms with Crippen LogP contribution in [0.5, 0.6) is 0 Å². The van der Waals surface area contributed by atoms with Crippen LogP contribution in [0.3, 0.4) is 0 Å². The van der Waals surface area contributed by atoms with Gasteiger partial charge >= 0.3 is 5.69 Å². The van der Waals surface area contributed by atoms with E-state index in [1.165, 1.54) is 10.3 Å². The molecule has 0 unspecified atom stereocenters. The Labute approximate surface area is 169 Å². The Bertz CT molecular complexity index is 1050. The Morgan fingerprint density at radius 1 is 1.00 bits per heavy atom. The fourth-order valence-electron chi connectivity index (χ4n) is 3.78. The lowest BCUT2D eigenvalue weighted by Gasteiger charge is -2.28. The molecule has 7 nitrogen and oxygen atoms in total. The van der Waals surface area contributed by atoms with Gasteiger partial charge in [-0.2, -0.15) is 0 Å². The van der Waals surface area contributed by atoms with Gasteiger partial charge in [0.2, 0.25) is 5.91 Å². The van der Waals surface area contributed by atoms with Crippen molar-refractivity contribution in [3.8, 4) is 0 Å². The number of aryl methyl sites for hydroxylation is 1. The molecule has 0 spiro atoms. The summed E-state index contributed by atoms with van der Waals surface area (Å²) in [5, 5.41) is 2.92. The molecule has 1 aliphatic heterocycles. The first-order valence-electron chi connectivity index (χ1n) is 10.0. The van der Waals surface area contributed by atoms with Gasteiger partial charge in [0, 0.05) is 31.9 Å². The van der Waals surface area contributed by atoms with Gasteiger partial charge in [0.25, 0.3) is 0 Å². The summed E-state index contributed by atoms with van der Waals surface area (Å²) in [5.74, 6) is -0.177. The SMILES string of the molecule is CCn1c(=O)n(CC(=O)NCc2ccc(N3CCOCC3)cc2)c2ccccc21. The van der Waals surface area contributed by atoms with Gasteiger partial charge in [0.1, 0.15) is 6.54 Å². The summed E-state index contributed by atoms with van der Waals surface area (Å²) in [5.41, 5.74) is 3.68. The Hall–Kier alpha value is -3.06. The molecule has 2 aromatic carbocycles. The van der Waals surface area contributed by atoms with Crippen LogP contribution in [-0.4, -0.2) is 41.3 Å². The molecule has 29 heavy (non-hydrogen) atoms. The summed E-state index contributed by atoms with van der Waals surface area (Å²) < 4.78 is 8.61. The third kappa shape index (κ3) is 4.05. The number of carbonyl (C=O) groups is 1. The number of para-hydroxylation sites is 2. The number of aromatic nitrogens is 2. The quantitative estimate of drug-likeness (QED) is 0.694. The van der Waals surface area contributed by atoms with Crippen LogP contribution >= 0.6 is 0 Å². The average Bonchev–Trinajstić information content (AvgIpc) is 3.04. The number of anilines is 1. The Kier molecular flexibility index (Phi) is 5.67. The maximum Gasteiger partial charge on any atom is 0.329 e. The molecule has 0 bridgehead atoms. The van der Waals surface area contributed by atoms with E-state index in [9.17, 15) is 9.59 Å². The maximum atomic E-state index is 12.6. The number of morpholine rings is 1. The maximum absolute atomic E-state index is 12.6. The van der Waals surface area contributed by atoms with E-state index in [0.29, 0.717) is 13.1 Å². The largest absolute Gasteiger partial charge is 0.378 e. The summed E-state index contributed by atoms with van der Waals surface area (Å²) in [6, 6.07) is 15.8. The van der Waals surface area contributed by atoms with Crippen molar-refractivity contribution in [1.82, 2.24) is 14.5 Å². The Morgan fingerprint density at radius 2 is 1.66 bits per heavy atom. The number of imidazole rings is 1. The van der Waals surface area contributed by atoms with Gasteiger partial charge in [-0.05, 0) is 36.8 Å². The fourth-order valence-corrected chi connectivity index (χ4v) is 3.78. The van der Waals surface area contributed by atoms with Crippen molar-refractivity contribution < 1.29 is 9.53 Å². The van der Waals surface area contributed by atoms with Crippen LogP contribution in [0.2, 0.25) is 0 Å². The Balaban J connectivity index is 1.40. The number of nitrogens with one attached hydrogen (secondary N) is 1. The van der Waals surface area contributed by atoms with Crippen LogP contribution in [0, 0.1) is 0 Å². The van der Waals surface area contributed by atoms with Gasteiger partial charge < -0.3 is 15.0 Å². The van der Waals surface area contributed by atoms with Crippen molar-refractivity contribution in [3.63, 3.8) is 0 Å². The van der Waals surface area contributed by atoms with Crippen molar-refractivity contribution in [2.24, 2.45) is 0 Å². The number of fused-ring (bicyclic) bond motifs is 1. The first-order chi connectivity index (χ1) is 14.2. The predicted molar refractivity (Wildman–Crippen MR) is 113 cm³/mol. The number of rotatable bonds is 6. The molecule has 7 heteroatoms. The summed E-state index contributed by atoms with van der Waals surface area (Å²) >= 11 is 0. The molecule has 152 valence electrons. The van der Waals surface area contributed by atoms with Gasteiger partial charge in [0.15, 0.2) is 0 Å². The molecule has 1 aromatic heterocycles. The second kappa shape index (κ2) is 8.53. The number of amides is 1. The molecule has 1 N–H and O–H groups in total. The summed E-state index contributed by atoms with van der Waals surface area (Å²) in [6.45, 7) is 6.26. The molecule has 1 saturated heterocycles. The van der Waals surface area contributed by atoms with Crippen molar-refractivity contribution in [3.05, 3.63) is 64.6 Å². The monoisotopic (exact) mass is 394 g/mol. The third-order valence-corrected chi connectivity index (χ3v) is 5.35. The molecule has 1 fully saturated rings. The second-order valence-electron chi connectivity index (χ2n) is 7.14. The van der Waals surface area contributed by atoms with Gasteiger partial charge in [-0.15, -0.1) is 0 Å². The van der Waals surface area contributed by atoms with Crippen LogP contribution in [-0.2, 0) is 29.2 Å². The van der Waals surface area contributed by atoms with Crippen LogP contribution in [0.15, 0.2) is 53.3 Å². The third-order valence-electron chi connectivity index (χ3n) is 5.35. The minimum atomic E-state index is -0.177. The van der Waals surface area contributed by atoms with Crippen LogP contribution in [0.25, 0.3) is 11.0 Å². The average molecular weight is 394 g/mol. The van der Waals surface area contributed by atoms with E-state index < -0.39 is 0 Å². The van der Waals surface area contributed by atoms with E-state index in [-0.39, 0.29) is 18.1 Å². The molecular weight excluding hydrogens is 368 g/mol. The topological polar surface area (TPSA) is 68.5 Å². The van der Waals surface area contributed by atoms with Gasteiger partial charge in [-0.1, -0.05) is 24.3 Å². The highest BCUT2D eigenvalue weighted by Gasteiger charge is 2.14. The summed E-state index contributed by atoms with van der Waals surface area (Å²) in [6.07, 6.45) is 0. The summed E-state index contributed by atoms with van der Waals surface area (Å²) in [4.78, 5) is 27.4. The zero-order valence-electron chi connectivity index (χ0n) is 16.6. The molecule has 0 aliphatic carbocycles. The molecule has 2 heterocycles. The molecule has 4 rings (SSSR count). The fraction of sp³-hybridized carbons (Fsp3) is 0.364. The molecular formula is C22H26N4O3. The van der Waals surface area contributed by atoms with Crippen molar-refractivity contribution >= 4 is 22.6 Å². The zero-order chi connectivity index (χ0) is 20.2. The lowest BCUT2D eigenvalue weighted by molar-refractivity contribution is -0.121. The van der Waals surface area contributed by atoms with Crippen LogP contribution < -0.4 is 15.9 Å². The number of hydrogen-bond acceptors (Lipinski definition) is 4. The van der Waals surface area contributed by atoms with E-state index in [1.54, 1.807) is 4.57 Å². The normalized spacial score (nSPS) is 14.3. The number of carbonyl (C=O) groups excluding carboxylic acids is 1. The second-order valence-corrected chi connectivity index (χ2v) is 7.14. The number of hydrogen-bond donors (Lipinski definition) is 1. The molecule has 1 aliphatic rings. The zero-order valence-corrected chi connectivity index (χ0v) is 16.6. The number of nitrogens with zero attached hydrogens (tertiary/aromatic N) is 3. The van der Waals surface area contributed by atoms with Crippen molar-refractivity contribution in [2.45, 2.75) is 26.6 Å². The van der Waals surface area contributed by atoms with Gasteiger partial charge in [-0.3, -0.25) is 13.9 Å². The minimum absolute atomic E-state index is 0.0121. The van der Waals surface area contributed by atoms with E-state index in [2.05, 4.69) is 22.3 Å². The van der Waals surface area contributed by atoms with E-state index >= 15 is 0 Å². The highest BCUT2D eigenvalue weighted by molar-refractivity contribution is 5.81. The molecule has 3 aromatic rings. The number of ether oxygens (including phenoxy) is 1. The molecule has 0 atom stereocenters. The Morgan fingerprint density at radius 3 is 2.31 bits per heavy atom. The van der Waals surface area contributed by atoms with Crippen molar-refractivity contribution in [1.29, 1.82) is 0 Å². The molecule has 1 amide bonds. The van der Waals surface area contributed by atoms with Gasteiger partial charge in [-0.25, -0.2) is 4.79 Å². The van der Waals surface area contributed by atoms with Crippen molar-refractivity contribution in [2.75, 3.05) is 31.2 Å². The first kappa shape index (κ1) is 19.3. The summed E-state index contributed by atoms with van der Waals surface area (Å²) in [7, 11) is 0. The molecule has 0 saturated carbocycles. The lowest BCUT2D eigenvalue weighted by atomic mass is 10.2. The first-order valence-corrected chi connectivity index (χ1v) is 10.0. The van der Waals surface area contributed by atoms with Crippen LogP contribution in [0.1, 0.15) is 12.5 Å². The highest BCUT2D eigenvalue weighted by atomic mass is 16.5. The number of benzene rings is 2. The molecule has 0 radical (unpaired) electrons. The standard InChI is InChI=1S/C22H26N4O3/c1-2-25-19-5-3-4-6-20(19)26(22(25)28)16-21(27)23-15-17-7-9-18(10-8-17)24-11-13-29-14-12-24/h3-10H,2,11-16H2,1H3,(H,23,27). The van der Waals surface area contributed by atoms with Gasteiger partial charge in [0.05, 0.1) is 24.2 Å². The lowest BCUT2D eigenvalue weighted by Crippen LogP contribution is -2.36. The highest BCUT2D eigenvalue weighted by Crippen LogP contribution is 2.17.